The zero-order chi connectivity index (χ0) is 13.1. The maximum Gasteiger partial charge on any atom is 0.161 e. The number of hydrogen-bond acceptors (Lipinski definition) is 4. The Bertz CT molecular complexity index is 519. The molecule has 2 rings (SSSR count). The van der Waals surface area contributed by atoms with E-state index in [2.05, 4.69) is 24.2 Å². The van der Waals surface area contributed by atoms with Crippen LogP contribution in [0.3, 0.4) is 0 Å². The van der Waals surface area contributed by atoms with Gasteiger partial charge in [-0.2, -0.15) is 5.26 Å². The molecule has 3 nitrogen and oxygen atoms in total. The molecule has 0 spiro atoms. The smallest absolute Gasteiger partial charge is 0.161 e. The molecule has 0 aromatic heterocycles. The molecule has 0 aliphatic carbocycles. The van der Waals surface area contributed by atoms with Crippen molar-refractivity contribution in [3.63, 3.8) is 0 Å². The number of anilines is 1. The van der Waals surface area contributed by atoms with Crippen molar-refractivity contribution in [2.75, 3.05) is 11.1 Å². The van der Waals surface area contributed by atoms with E-state index in [-0.39, 0.29) is 5.56 Å². The summed E-state index contributed by atoms with van der Waals surface area (Å²) in [5, 5.41) is 12.7. The molecule has 1 N–H and O–H groups in total. The average Bonchev–Trinajstić information content (AvgIpc) is 2.80. The van der Waals surface area contributed by atoms with E-state index in [1.54, 1.807) is 17.8 Å². The average molecular weight is 263 g/mol. The molecule has 1 aliphatic rings. The number of aliphatic imine (C=N–C) groups is 1. The molecule has 1 aliphatic heterocycles. The standard InChI is InChI=1S/C13H14FN3S/c1-8(2)12-7-18-13(17-12)16-10-3-4-11(14)9(5-10)6-15/h3-5,8,12H,7H2,1-2H3,(H,16,17). The molecule has 1 heterocycles. The van der Waals surface area contributed by atoms with Crippen LogP contribution in [-0.2, 0) is 0 Å². The van der Waals surface area contributed by atoms with E-state index in [1.807, 2.05) is 6.07 Å². The van der Waals surface area contributed by atoms with Gasteiger partial charge in [-0.05, 0) is 24.1 Å². The van der Waals surface area contributed by atoms with Crippen LogP contribution in [0.4, 0.5) is 10.1 Å². The molecular formula is C13H14FN3S. The summed E-state index contributed by atoms with van der Waals surface area (Å²) in [7, 11) is 0. The number of nitrogens with zero attached hydrogens (tertiary/aromatic N) is 2. The van der Waals surface area contributed by atoms with Crippen LogP contribution in [-0.4, -0.2) is 17.0 Å². The van der Waals surface area contributed by atoms with Crippen molar-refractivity contribution in [1.82, 2.24) is 0 Å². The fourth-order valence-corrected chi connectivity index (χ4v) is 2.80. The highest BCUT2D eigenvalue weighted by Gasteiger charge is 2.21. The zero-order valence-electron chi connectivity index (χ0n) is 10.3. The molecule has 5 heteroatoms. The molecule has 94 valence electrons. The van der Waals surface area contributed by atoms with Crippen LogP contribution in [0.2, 0.25) is 0 Å². The minimum absolute atomic E-state index is 0.0454. The van der Waals surface area contributed by atoms with E-state index in [1.165, 1.54) is 12.1 Å². The fraction of sp³-hybridized carbons (Fsp3) is 0.385. The maximum atomic E-state index is 13.2. The number of thioether (sulfide) groups is 1. The predicted molar refractivity (Wildman–Crippen MR) is 73.3 cm³/mol. The van der Waals surface area contributed by atoms with Gasteiger partial charge in [0, 0.05) is 11.4 Å². The fourth-order valence-electron chi connectivity index (χ4n) is 1.61. The second kappa shape index (κ2) is 5.40. The Morgan fingerprint density at radius 2 is 2.33 bits per heavy atom. The van der Waals surface area contributed by atoms with Crippen molar-refractivity contribution >= 4 is 22.6 Å². The Kier molecular flexibility index (Phi) is 3.87. The Hall–Kier alpha value is -1.54. The molecular weight excluding hydrogens is 249 g/mol. The van der Waals surface area contributed by atoms with Gasteiger partial charge in [-0.3, -0.25) is 4.99 Å². The number of nitriles is 1. The van der Waals surface area contributed by atoms with Crippen LogP contribution in [0.5, 0.6) is 0 Å². The van der Waals surface area contributed by atoms with Gasteiger partial charge < -0.3 is 5.32 Å². The molecule has 0 saturated carbocycles. The van der Waals surface area contributed by atoms with Crippen molar-refractivity contribution in [2.45, 2.75) is 19.9 Å². The summed E-state index contributed by atoms with van der Waals surface area (Å²) >= 11 is 1.65. The minimum Gasteiger partial charge on any atom is -0.335 e. The molecule has 0 bridgehead atoms. The van der Waals surface area contributed by atoms with Gasteiger partial charge in [0.2, 0.25) is 0 Å². The third-order valence-corrected chi connectivity index (χ3v) is 3.77. The lowest BCUT2D eigenvalue weighted by molar-refractivity contribution is 0.543. The van der Waals surface area contributed by atoms with E-state index in [0.717, 1.165) is 10.9 Å². The highest BCUT2D eigenvalue weighted by atomic mass is 32.2. The normalized spacial score (nSPS) is 18.6. The summed E-state index contributed by atoms with van der Waals surface area (Å²) in [6.07, 6.45) is 0. The molecule has 1 unspecified atom stereocenters. The van der Waals surface area contributed by atoms with Gasteiger partial charge >= 0.3 is 0 Å². The van der Waals surface area contributed by atoms with E-state index < -0.39 is 5.82 Å². The number of nitrogens with one attached hydrogen (secondary N) is 1. The molecule has 0 radical (unpaired) electrons. The molecule has 1 aromatic rings. The Morgan fingerprint density at radius 3 is 2.94 bits per heavy atom. The third-order valence-electron chi connectivity index (χ3n) is 2.78. The first-order valence-electron chi connectivity index (χ1n) is 5.77. The van der Waals surface area contributed by atoms with Gasteiger partial charge in [-0.15, -0.1) is 0 Å². The van der Waals surface area contributed by atoms with Crippen molar-refractivity contribution in [1.29, 1.82) is 5.26 Å². The van der Waals surface area contributed by atoms with Crippen molar-refractivity contribution in [2.24, 2.45) is 10.9 Å². The number of halogens is 1. The van der Waals surface area contributed by atoms with Gasteiger partial charge in [0.15, 0.2) is 5.17 Å². The highest BCUT2D eigenvalue weighted by Crippen LogP contribution is 2.25. The Balaban J connectivity index is 2.11. The lowest BCUT2D eigenvalue weighted by Gasteiger charge is -2.08. The summed E-state index contributed by atoms with van der Waals surface area (Å²) in [5.74, 6) is 0.982. The Morgan fingerprint density at radius 1 is 1.56 bits per heavy atom. The van der Waals surface area contributed by atoms with Crippen molar-refractivity contribution in [3.8, 4) is 6.07 Å². The van der Waals surface area contributed by atoms with Crippen LogP contribution >= 0.6 is 11.8 Å². The van der Waals surface area contributed by atoms with Crippen LogP contribution in [0, 0.1) is 23.1 Å². The van der Waals surface area contributed by atoms with E-state index >= 15 is 0 Å². The summed E-state index contributed by atoms with van der Waals surface area (Å²) in [6, 6.07) is 6.56. The number of benzene rings is 1. The van der Waals surface area contributed by atoms with Crippen LogP contribution in [0.1, 0.15) is 19.4 Å². The zero-order valence-corrected chi connectivity index (χ0v) is 11.1. The van der Waals surface area contributed by atoms with Gasteiger partial charge in [0.05, 0.1) is 11.6 Å². The monoisotopic (exact) mass is 263 g/mol. The Labute approximate surface area is 110 Å². The lowest BCUT2D eigenvalue weighted by atomic mass is 10.1. The van der Waals surface area contributed by atoms with Gasteiger partial charge in [0.1, 0.15) is 11.9 Å². The first-order chi connectivity index (χ1) is 8.60. The number of hydrogen-bond donors (Lipinski definition) is 1. The van der Waals surface area contributed by atoms with Gasteiger partial charge in [0.25, 0.3) is 0 Å². The molecule has 1 aromatic carbocycles. The van der Waals surface area contributed by atoms with Crippen LogP contribution in [0.15, 0.2) is 23.2 Å². The van der Waals surface area contributed by atoms with Crippen LogP contribution in [0.25, 0.3) is 0 Å². The minimum atomic E-state index is -0.496. The second-order valence-corrected chi connectivity index (χ2v) is 5.50. The third kappa shape index (κ3) is 2.82. The topological polar surface area (TPSA) is 48.2 Å². The summed E-state index contributed by atoms with van der Waals surface area (Å²) in [5.41, 5.74) is 0.743. The molecule has 0 amide bonds. The van der Waals surface area contributed by atoms with Crippen molar-refractivity contribution in [3.05, 3.63) is 29.6 Å². The maximum absolute atomic E-state index is 13.2. The van der Waals surface area contributed by atoms with Crippen molar-refractivity contribution < 1.29 is 4.39 Å². The van der Waals surface area contributed by atoms with E-state index in [0.29, 0.717) is 17.6 Å². The first kappa shape index (κ1) is 12.9. The number of amidine groups is 1. The highest BCUT2D eigenvalue weighted by molar-refractivity contribution is 8.14. The summed E-state index contributed by atoms with van der Waals surface area (Å²) in [6.45, 7) is 4.28. The van der Waals surface area contributed by atoms with Crippen LogP contribution < -0.4 is 5.32 Å². The van der Waals surface area contributed by atoms with Gasteiger partial charge in [-0.25, -0.2) is 4.39 Å². The predicted octanol–water partition coefficient (Wildman–Crippen LogP) is 3.24. The SMILES string of the molecule is CC(C)C1CSC(Nc2ccc(F)c(C#N)c2)=N1. The van der Waals surface area contributed by atoms with Gasteiger partial charge in [-0.1, -0.05) is 25.6 Å². The van der Waals surface area contributed by atoms with E-state index in [9.17, 15) is 4.39 Å². The quantitative estimate of drug-likeness (QED) is 0.891. The lowest BCUT2D eigenvalue weighted by Crippen LogP contribution is -2.12. The number of rotatable bonds is 2. The first-order valence-corrected chi connectivity index (χ1v) is 6.76. The molecule has 0 saturated heterocycles. The largest absolute Gasteiger partial charge is 0.335 e. The molecule has 0 fully saturated rings. The summed E-state index contributed by atoms with van der Waals surface area (Å²) < 4.78 is 13.2. The second-order valence-electron chi connectivity index (χ2n) is 4.49. The van der Waals surface area contributed by atoms with E-state index in [4.69, 9.17) is 5.26 Å². The molecule has 18 heavy (non-hydrogen) atoms. The molecule has 1 atom stereocenters. The summed E-state index contributed by atoms with van der Waals surface area (Å²) in [4.78, 5) is 4.55.